The minimum Gasteiger partial charge on any atom is -0.428 e. The average molecular weight is 208 g/mol. The van der Waals surface area contributed by atoms with E-state index in [1.54, 1.807) is 0 Å². The van der Waals surface area contributed by atoms with Crippen molar-refractivity contribution in [1.82, 2.24) is 4.73 Å². The zero-order chi connectivity index (χ0) is 9.46. The Bertz CT molecular complexity index is 352. The first kappa shape index (κ1) is 9.42. The van der Waals surface area contributed by atoms with Crippen LogP contribution in [0.1, 0.15) is 11.4 Å². The Balaban J connectivity index is 3.73. The Morgan fingerprint density at radius 2 is 1.50 bits per heavy atom. The molecule has 0 amide bonds. The summed E-state index contributed by atoms with van der Waals surface area (Å²) in [5.74, 6) is 0. The predicted octanol–water partition coefficient (Wildman–Crippen LogP) is 2.01. The summed E-state index contributed by atoms with van der Waals surface area (Å²) in [6.45, 7) is 3.07. The molecule has 1 rings (SSSR count). The molecule has 0 aliphatic carbocycles. The van der Waals surface area contributed by atoms with E-state index in [2.05, 4.69) is 0 Å². The van der Waals surface area contributed by atoms with Gasteiger partial charge in [-0.2, -0.15) is 4.73 Å². The highest BCUT2D eigenvalue weighted by molar-refractivity contribution is 6.35. The number of hydrogen-bond donors (Lipinski definition) is 1. The lowest BCUT2D eigenvalue weighted by Gasteiger charge is -2.08. The quantitative estimate of drug-likeness (QED) is 0.662. The third kappa shape index (κ3) is 1.19. The van der Waals surface area contributed by atoms with Crippen molar-refractivity contribution in [3.8, 4) is 0 Å². The van der Waals surface area contributed by atoms with Crippen molar-refractivity contribution in [3.05, 3.63) is 31.7 Å². The fraction of sp³-hybridized carbons (Fsp3) is 0.286. The van der Waals surface area contributed by atoms with Crippen LogP contribution in [0.4, 0.5) is 0 Å². The molecule has 0 fully saturated rings. The van der Waals surface area contributed by atoms with E-state index in [4.69, 9.17) is 23.2 Å². The number of nitrogens with zero attached hydrogens (tertiary/aromatic N) is 1. The second-order valence-corrected chi connectivity index (χ2v) is 3.20. The van der Waals surface area contributed by atoms with Gasteiger partial charge in [0.2, 0.25) is 5.43 Å². The first-order chi connectivity index (χ1) is 5.46. The van der Waals surface area contributed by atoms with Gasteiger partial charge < -0.3 is 5.21 Å². The lowest BCUT2D eigenvalue weighted by atomic mass is 10.3. The lowest BCUT2D eigenvalue weighted by Crippen LogP contribution is -2.14. The van der Waals surface area contributed by atoms with E-state index in [1.807, 2.05) is 0 Å². The Hall–Kier alpha value is -0.670. The van der Waals surface area contributed by atoms with E-state index in [1.165, 1.54) is 13.8 Å². The van der Waals surface area contributed by atoms with Crippen molar-refractivity contribution in [2.45, 2.75) is 13.8 Å². The maximum absolute atomic E-state index is 11.2. The number of halogens is 2. The zero-order valence-electron chi connectivity index (χ0n) is 6.56. The van der Waals surface area contributed by atoms with Crippen molar-refractivity contribution >= 4 is 23.2 Å². The van der Waals surface area contributed by atoms with Crippen molar-refractivity contribution < 1.29 is 5.21 Å². The fourth-order valence-corrected chi connectivity index (χ4v) is 1.26. The summed E-state index contributed by atoms with van der Waals surface area (Å²) >= 11 is 11.2. The molecule has 1 aromatic heterocycles. The van der Waals surface area contributed by atoms with Crippen LogP contribution in [0.3, 0.4) is 0 Å². The topological polar surface area (TPSA) is 42.2 Å². The highest BCUT2D eigenvalue weighted by Crippen LogP contribution is 2.17. The Morgan fingerprint density at radius 1 is 1.17 bits per heavy atom. The van der Waals surface area contributed by atoms with Crippen LogP contribution in [0.5, 0.6) is 0 Å². The minimum absolute atomic E-state index is 0.0481. The second-order valence-electron chi connectivity index (χ2n) is 2.44. The van der Waals surface area contributed by atoms with Crippen molar-refractivity contribution in [2.75, 3.05) is 0 Å². The SMILES string of the molecule is Cc1c(Cl)c(=O)c(Cl)c(C)n1O. The molecule has 0 aromatic carbocycles. The zero-order valence-corrected chi connectivity index (χ0v) is 8.07. The summed E-state index contributed by atoms with van der Waals surface area (Å²) in [6, 6.07) is 0. The molecule has 0 saturated carbocycles. The highest BCUT2D eigenvalue weighted by atomic mass is 35.5. The molecule has 0 unspecified atom stereocenters. The van der Waals surface area contributed by atoms with E-state index in [9.17, 15) is 10.0 Å². The number of aromatic nitrogens is 1. The first-order valence-electron chi connectivity index (χ1n) is 3.23. The largest absolute Gasteiger partial charge is 0.428 e. The molecule has 0 bridgehead atoms. The lowest BCUT2D eigenvalue weighted by molar-refractivity contribution is 0.171. The maximum Gasteiger partial charge on any atom is 0.219 e. The third-order valence-corrected chi connectivity index (χ3v) is 2.56. The number of pyridine rings is 1. The van der Waals surface area contributed by atoms with Gasteiger partial charge in [-0.1, -0.05) is 23.2 Å². The van der Waals surface area contributed by atoms with Gasteiger partial charge in [0.1, 0.15) is 10.0 Å². The van der Waals surface area contributed by atoms with Crippen LogP contribution >= 0.6 is 23.2 Å². The number of rotatable bonds is 0. The molecular formula is C7H7Cl2NO2. The van der Waals surface area contributed by atoms with E-state index < -0.39 is 5.43 Å². The minimum atomic E-state index is -0.446. The molecule has 5 heteroatoms. The van der Waals surface area contributed by atoms with E-state index in [0.717, 1.165) is 4.73 Å². The second kappa shape index (κ2) is 2.99. The molecule has 1 heterocycles. The van der Waals surface area contributed by atoms with E-state index in [0.29, 0.717) is 11.4 Å². The molecule has 1 aromatic rings. The normalized spacial score (nSPS) is 10.3. The molecule has 0 radical (unpaired) electrons. The molecule has 0 saturated heterocycles. The van der Waals surface area contributed by atoms with E-state index >= 15 is 0 Å². The fourth-order valence-electron chi connectivity index (χ4n) is 0.862. The van der Waals surface area contributed by atoms with Crippen molar-refractivity contribution in [1.29, 1.82) is 0 Å². The predicted molar refractivity (Wildman–Crippen MR) is 47.4 cm³/mol. The molecule has 12 heavy (non-hydrogen) atoms. The average Bonchev–Trinajstić information content (AvgIpc) is 2.08. The van der Waals surface area contributed by atoms with E-state index in [-0.39, 0.29) is 10.0 Å². The van der Waals surface area contributed by atoms with Crippen LogP contribution < -0.4 is 5.43 Å². The monoisotopic (exact) mass is 207 g/mol. The summed E-state index contributed by atoms with van der Waals surface area (Å²) < 4.78 is 0.798. The van der Waals surface area contributed by atoms with Crippen molar-refractivity contribution in [2.24, 2.45) is 0 Å². The standard InChI is InChI=1S/C7H7Cl2NO2/c1-3-5(8)7(11)6(9)4(2)10(3)12/h12H,1-2H3. The first-order valence-corrected chi connectivity index (χ1v) is 3.99. The van der Waals surface area contributed by atoms with Gasteiger partial charge >= 0.3 is 0 Å². The van der Waals surface area contributed by atoms with Gasteiger partial charge in [-0.3, -0.25) is 4.79 Å². The summed E-state index contributed by atoms with van der Waals surface area (Å²) in [6.07, 6.45) is 0. The van der Waals surface area contributed by atoms with Gasteiger partial charge in [-0.05, 0) is 13.8 Å². The van der Waals surface area contributed by atoms with Crippen LogP contribution in [0.2, 0.25) is 10.0 Å². The Kier molecular flexibility index (Phi) is 2.35. The van der Waals surface area contributed by atoms with Gasteiger partial charge in [0.25, 0.3) is 0 Å². The van der Waals surface area contributed by atoms with Gasteiger partial charge in [0.15, 0.2) is 0 Å². The van der Waals surface area contributed by atoms with Crippen LogP contribution in [0.25, 0.3) is 0 Å². The molecule has 66 valence electrons. The van der Waals surface area contributed by atoms with Crippen molar-refractivity contribution in [3.63, 3.8) is 0 Å². The van der Waals surface area contributed by atoms with Crippen LogP contribution in [0.15, 0.2) is 4.79 Å². The van der Waals surface area contributed by atoms with Crippen LogP contribution in [-0.2, 0) is 0 Å². The molecule has 0 aliphatic heterocycles. The van der Waals surface area contributed by atoms with Crippen LogP contribution in [0, 0.1) is 13.8 Å². The molecule has 0 atom stereocenters. The number of hydrogen-bond acceptors (Lipinski definition) is 2. The van der Waals surface area contributed by atoms with Gasteiger partial charge in [-0.25, -0.2) is 0 Å². The maximum atomic E-state index is 11.2. The summed E-state index contributed by atoms with van der Waals surface area (Å²) in [5, 5.41) is 9.21. The van der Waals surface area contributed by atoms with Gasteiger partial charge in [-0.15, -0.1) is 0 Å². The summed E-state index contributed by atoms with van der Waals surface area (Å²) in [5.41, 5.74) is 0.144. The highest BCUT2D eigenvalue weighted by Gasteiger charge is 2.12. The van der Waals surface area contributed by atoms with Crippen LogP contribution in [-0.4, -0.2) is 9.94 Å². The Labute approximate surface area is 79.1 Å². The molecule has 0 aliphatic rings. The Morgan fingerprint density at radius 3 is 1.83 bits per heavy atom. The smallest absolute Gasteiger partial charge is 0.219 e. The third-order valence-electron chi connectivity index (χ3n) is 1.67. The summed E-state index contributed by atoms with van der Waals surface area (Å²) in [7, 11) is 0. The van der Waals surface area contributed by atoms with Gasteiger partial charge in [0, 0.05) is 0 Å². The summed E-state index contributed by atoms with van der Waals surface area (Å²) in [4.78, 5) is 11.2. The molecule has 1 N–H and O–H groups in total. The molecule has 0 spiro atoms. The molecule has 3 nitrogen and oxygen atoms in total. The van der Waals surface area contributed by atoms with Gasteiger partial charge in [0.05, 0.1) is 11.4 Å². The molecular weight excluding hydrogens is 201 g/mol.